The number of carbonyl (C=O) groups excluding carboxylic acids is 1. The zero-order valence-corrected chi connectivity index (χ0v) is 10.8. The number of nitrogens with two attached hydrogens (primary N) is 1. The first-order valence-corrected chi connectivity index (χ1v) is 6.35. The third-order valence-electron chi connectivity index (χ3n) is 3.19. The number of rotatable bonds is 3. The highest BCUT2D eigenvalue weighted by molar-refractivity contribution is 6.31. The van der Waals surface area contributed by atoms with Crippen LogP contribution in [0.4, 0.5) is 5.69 Å². The molecular weight excluding hydrogens is 262 g/mol. The Bertz CT molecular complexity index is 642. The van der Waals surface area contributed by atoms with Gasteiger partial charge in [0.05, 0.1) is 0 Å². The highest BCUT2D eigenvalue weighted by Gasteiger charge is 2.47. The molecule has 4 heteroatoms. The minimum Gasteiger partial charge on any atom is -0.398 e. The molecule has 2 N–H and O–H groups in total. The topological polar surface area (TPSA) is 55.6 Å². The van der Waals surface area contributed by atoms with Crippen molar-refractivity contribution in [1.82, 2.24) is 0 Å². The fraction of sp³-hybridized carbons (Fsp3) is 0.133. The monoisotopic (exact) mass is 273 g/mol. The van der Waals surface area contributed by atoms with Crippen LogP contribution >= 0.6 is 11.6 Å². The van der Waals surface area contributed by atoms with E-state index >= 15 is 0 Å². The van der Waals surface area contributed by atoms with Crippen molar-refractivity contribution in [3.05, 3.63) is 64.7 Å². The fourth-order valence-electron chi connectivity index (χ4n) is 2.13. The Labute approximate surface area is 115 Å². The lowest BCUT2D eigenvalue weighted by molar-refractivity contribution is 0.0954. The van der Waals surface area contributed by atoms with Crippen molar-refractivity contribution < 1.29 is 9.53 Å². The first-order chi connectivity index (χ1) is 9.18. The third-order valence-corrected chi connectivity index (χ3v) is 3.53. The molecule has 1 fully saturated rings. The van der Waals surface area contributed by atoms with Crippen LogP contribution in [0.5, 0.6) is 0 Å². The molecule has 0 saturated carbocycles. The predicted octanol–water partition coefficient (Wildman–Crippen LogP) is 3.25. The molecule has 2 atom stereocenters. The summed E-state index contributed by atoms with van der Waals surface area (Å²) in [5.41, 5.74) is 7.62. The summed E-state index contributed by atoms with van der Waals surface area (Å²) in [4.78, 5) is 12.3. The van der Waals surface area contributed by atoms with Crippen LogP contribution in [0.3, 0.4) is 0 Å². The van der Waals surface area contributed by atoms with Gasteiger partial charge in [-0.3, -0.25) is 4.79 Å². The van der Waals surface area contributed by atoms with E-state index in [0.717, 1.165) is 5.56 Å². The summed E-state index contributed by atoms with van der Waals surface area (Å²) in [6.07, 6.45) is -0.745. The number of ether oxygens (including phenoxy) is 1. The maximum absolute atomic E-state index is 12.3. The molecule has 0 radical (unpaired) electrons. The van der Waals surface area contributed by atoms with Gasteiger partial charge >= 0.3 is 0 Å². The second-order valence-electron chi connectivity index (χ2n) is 4.45. The third kappa shape index (κ3) is 2.23. The van der Waals surface area contributed by atoms with Crippen molar-refractivity contribution >= 4 is 23.1 Å². The molecule has 3 nitrogen and oxygen atoms in total. The van der Waals surface area contributed by atoms with Gasteiger partial charge in [-0.1, -0.05) is 41.9 Å². The number of nitrogen functional groups attached to an aromatic ring is 1. The van der Waals surface area contributed by atoms with Crippen LogP contribution in [0, 0.1) is 0 Å². The number of hydrogen-bond donors (Lipinski definition) is 1. The molecule has 1 heterocycles. The Morgan fingerprint density at radius 2 is 1.79 bits per heavy atom. The van der Waals surface area contributed by atoms with Gasteiger partial charge in [0, 0.05) is 21.8 Å². The van der Waals surface area contributed by atoms with Crippen LogP contribution in [-0.2, 0) is 4.74 Å². The Kier molecular flexibility index (Phi) is 3.01. The lowest BCUT2D eigenvalue weighted by Crippen LogP contribution is -2.10. The Morgan fingerprint density at radius 1 is 1.11 bits per heavy atom. The van der Waals surface area contributed by atoms with Crippen LogP contribution in [-0.4, -0.2) is 11.9 Å². The molecule has 0 spiro atoms. The van der Waals surface area contributed by atoms with Crippen molar-refractivity contribution in [2.24, 2.45) is 0 Å². The van der Waals surface area contributed by atoms with Crippen molar-refractivity contribution in [2.45, 2.75) is 12.2 Å². The highest BCUT2D eigenvalue weighted by atomic mass is 35.5. The minimum absolute atomic E-state index is 0.0944. The minimum atomic E-state index is -0.482. The van der Waals surface area contributed by atoms with Gasteiger partial charge in [0.1, 0.15) is 6.10 Å². The van der Waals surface area contributed by atoms with Gasteiger partial charge in [-0.25, -0.2) is 0 Å². The number of benzene rings is 2. The van der Waals surface area contributed by atoms with Gasteiger partial charge in [0.15, 0.2) is 11.9 Å². The van der Waals surface area contributed by atoms with Crippen molar-refractivity contribution in [2.75, 3.05) is 5.73 Å². The van der Waals surface area contributed by atoms with E-state index in [2.05, 4.69) is 0 Å². The predicted molar refractivity (Wildman–Crippen MR) is 74.3 cm³/mol. The standard InChI is InChI=1S/C15H12ClNO2/c16-11-7-3-1-5-9(11)14-15(19-14)13(18)10-6-2-4-8-12(10)17/h1-8,14-15H,17H2. The van der Waals surface area contributed by atoms with E-state index in [1.807, 2.05) is 18.2 Å². The van der Waals surface area contributed by atoms with E-state index < -0.39 is 6.10 Å². The normalized spacial score (nSPS) is 21.1. The fourth-order valence-corrected chi connectivity index (χ4v) is 2.37. The van der Waals surface area contributed by atoms with Crippen LogP contribution in [0.1, 0.15) is 22.0 Å². The maximum atomic E-state index is 12.3. The van der Waals surface area contributed by atoms with E-state index in [1.54, 1.807) is 30.3 Å². The molecule has 0 aliphatic carbocycles. The van der Waals surface area contributed by atoms with E-state index in [9.17, 15) is 4.79 Å². The van der Waals surface area contributed by atoms with E-state index in [4.69, 9.17) is 22.1 Å². The molecule has 1 aliphatic rings. The molecule has 0 amide bonds. The molecule has 2 aromatic carbocycles. The molecule has 0 bridgehead atoms. The molecule has 1 saturated heterocycles. The number of para-hydroxylation sites is 1. The van der Waals surface area contributed by atoms with Gasteiger partial charge in [0.2, 0.25) is 0 Å². The number of Topliss-reactive ketones (excluding diaryl/α,β-unsaturated/α-hetero) is 1. The molecular formula is C15H12ClNO2. The van der Waals surface area contributed by atoms with Crippen LogP contribution in [0.25, 0.3) is 0 Å². The molecule has 19 heavy (non-hydrogen) atoms. The maximum Gasteiger partial charge on any atom is 0.196 e. The highest BCUT2D eigenvalue weighted by Crippen LogP contribution is 2.43. The summed E-state index contributed by atoms with van der Waals surface area (Å²) in [6, 6.07) is 14.4. The quantitative estimate of drug-likeness (QED) is 0.531. The van der Waals surface area contributed by atoms with Gasteiger partial charge in [0.25, 0.3) is 0 Å². The Balaban J connectivity index is 1.83. The summed E-state index contributed by atoms with van der Waals surface area (Å²) >= 11 is 6.09. The summed E-state index contributed by atoms with van der Waals surface area (Å²) in [7, 11) is 0. The first kappa shape index (κ1) is 12.2. The Hall–Kier alpha value is -1.84. The number of ketones is 1. The molecule has 2 aromatic rings. The lowest BCUT2D eigenvalue weighted by Gasteiger charge is -2.02. The SMILES string of the molecule is Nc1ccccc1C(=O)C1OC1c1ccccc1Cl. The molecule has 3 rings (SSSR count). The van der Waals surface area contributed by atoms with Crippen molar-refractivity contribution in [3.63, 3.8) is 0 Å². The zero-order valence-electron chi connectivity index (χ0n) is 10.0. The summed E-state index contributed by atoms with van der Waals surface area (Å²) < 4.78 is 5.47. The van der Waals surface area contributed by atoms with Crippen molar-refractivity contribution in [1.29, 1.82) is 0 Å². The average Bonchev–Trinajstić information content (AvgIpc) is 3.19. The number of hydrogen-bond acceptors (Lipinski definition) is 3. The van der Waals surface area contributed by atoms with Gasteiger partial charge < -0.3 is 10.5 Å². The molecule has 2 unspecified atom stereocenters. The van der Waals surface area contributed by atoms with E-state index in [1.165, 1.54) is 0 Å². The van der Waals surface area contributed by atoms with Crippen LogP contribution in [0.15, 0.2) is 48.5 Å². The summed E-state index contributed by atoms with van der Waals surface area (Å²) in [5.74, 6) is -0.0944. The number of halogens is 1. The van der Waals surface area contributed by atoms with Crippen LogP contribution < -0.4 is 5.73 Å². The van der Waals surface area contributed by atoms with Crippen LogP contribution in [0.2, 0.25) is 5.02 Å². The molecule has 0 aromatic heterocycles. The second kappa shape index (κ2) is 4.68. The van der Waals surface area contributed by atoms with Gasteiger partial charge in [-0.2, -0.15) is 0 Å². The average molecular weight is 274 g/mol. The van der Waals surface area contributed by atoms with Gasteiger partial charge in [-0.15, -0.1) is 0 Å². The zero-order chi connectivity index (χ0) is 13.4. The smallest absolute Gasteiger partial charge is 0.196 e. The second-order valence-corrected chi connectivity index (χ2v) is 4.86. The van der Waals surface area contributed by atoms with E-state index in [-0.39, 0.29) is 11.9 Å². The number of epoxide rings is 1. The number of anilines is 1. The molecule has 1 aliphatic heterocycles. The number of carbonyl (C=O) groups is 1. The largest absolute Gasteiger partial charge is 0.398 e. The van der Waals surface area contributed by atoms with Gasteiger partial charge in [-0.05, 0) is 18.2 Å². The molecule has 96 valence electrons. The van der Waals surface area contributed by atoms with E-state index in [0.29, 0.717) is 16.3 Å². The summed E-state index contributed by atoms with van der Waals surface area (Å²) in [6.45, 7) is 0. The first-order valence-electron chi connectivity index (χ1n) is 5.97. The lowest BCUT2D eigenvalue weighted by atomic mass is 10.0. The summed E-state index contributed by atoms with van der Waals surface area (Å²) in [5, 5.41) is 0.615. The van der Waals surface area contributed by atoms with Crippen molar-refractivity contribution in [3.8, 4) is 0 Å². The Morgan fingerprint density at radius 3 is 2.53 bits per heavy atom.